The molecular formula is C16H31NO2. The van der Waals surface area contributed by atoms with Gasteiger partial charge >= 0.3 is 0 Å². The van der Waals surface area contributed by atoms with Crippen molar-refractivity contribution in [3.63, 3.8) is 0 Å². The molecule has 1 unspecified atom stereocenters. The predicted octanol–water partition coefficient (Wildman–Crippen LogP) is 2.82. The molecule has 1 heterocycles. The maximum Gasteiger partial charge on any atom is 0.0702 e. The van der Waals surface area contributed by atoms with Crippen molar-refractivity contribution in [2.45, 2.75) is 64.4 Å². The number of ether oxygens (including phenoxy) is 1. The standard InChI is InChI=1S/C16H31NO2/c1-2-11-19-15-7-6-10-17(12-15)13-16(14-18)8-4-3-5-9-16/h15,18H,2-14H2,1H3. The van der Waals surface area contributed by atoms with Crippen LogP contribution in [-0.4, -0.2) is 49.0 Å². The van der Waals surface area contributed by atoms with Crippen molar-refractivity contribution in [2.75, 3.05) is 32.8 Å². The molecule has 1 N–H and O–H groups in total. The summed E-state index contributed by atoms with van der Waals surface area (Å²) in [6.45, 7) is 6.77. The van der Waals surface area contributed by atoms with Gasteiger partial charge in [0, 0.05) is 31.7 Å². The monoisotopic (exact) mass is 269 g/mol. The van der Waals surface area contributed by atoms with Crippen LogP contribution in [0.25, 0.3) is 0 Å². The van der Waals surface area contributed by atoms with E-state index in [0.29, 0.717) is 12.7 Å². The van der Waals surface area contributed by atoms with Gasteiger partial charge in [-0.05, 0) is 38.6 Å². The second kappa shape index (κ2) is 7.61. The first-order valence-electron chi connectivity index (χ1n) is 8.23. The molecule has 3 heteroatoms. The summed E-state index contributed by atoms with van der Waals surface area (Å²) in [4.78, 5) is 2.55. The molecule has 1 saturated carbocycles. The Balaban J connectivity index is 1.83. The lowest BCUT2D eigenvalue weighted by molar-refractivity contribution is -0.0268. The van der Waals surface area contributed by atoms with Crippen molar-refractivity contribution in [3.05, 3.63) is 0 Å². The van der Waals surface area contributed by atoms with Crippen LogP contribution in [0.5, 0.6) is 0 Å². The second-order valence-electron chi connectivity index (χ2n) is 6.59. The van der Waals surface area contributed by atoms with E-state index in [-0.39, 0.29) is 5.41 Å². The molecule has 112 valence electrons. The Morgan fingerprint density at radius 3 is 2.68 bits per heavy atom. The third-order valence-corrected chi connectivity index (χ3v) is 4.83. The summed E-state index contributed by atoms with van der Waals surface area (Å²) in [6.07, 6.45) is 10.3. The van der Waals surface area contributed by atoms with Crippen molar-refractivity contribution >= 4 is 0 Å². The van der Waals surface area contributed by atoms with Gasteiger partial charge in [0.05, 0.1) is 6.10 Å². The minimum atomic E-state index is 0.185. The van der Waals surface area contributed by atoms with Crippen LogP contribution in [0.3, 0.4) is 0 Å². The number of hydrogen-bond acceptors (Lipinski definition) is 3. The molecule has 0 amide bonds. The van der Waals surface area contributed by atoms with Crippen molar-refractivity contribution in [2.24, 2.45) is 5.41 Å². The molecular weight excluding hydrogens is 238 g/mol. The largest absolute Gasteiger partial charge is 0.396 e. The minimum Gasteiger partial charge on any atom is -0.396 e. The molecule has 1 saturated heterocycles. The molecule has 2 fully saturated rings. The number of piperidine rings is 1. The highest BCUT2D eigenvalue weighted by atomic mass is 16.5. The summed E-state index contributed by atoms with van der Waals surface area (Å²) < 4.78 is 5.91. The molecule has 1 aliphatic heterocycles. The molecule has 3 nitrogen and oxygen atoms in total. The number of aliphatic hydroxyl groups is 1. The van der Waals surface area contributed by atoms with E-state index < -0.39 is 0 Å². The van der Waals surface area contributed by atoms with E-state index in [9.17, 15) is 5.11 Å². The summed E-state index contributed by atoms with van der Waals surface area (Å²) in [5, 5.41) is 9.82. The molecule has 0 radical (unpaired) electrons. The van der Waals surface area contributed by atoms with Crippen molar-refractivity contribution < 1.29 is 9.84 Å². The first-order chi connectivity index (χ1) is 9.28. The van der Waals surface area contributed by atoms with Crippen molar-refractivity contribution in [1.82, 2.24) is 4.90 Å². The van der Waals surface area contributed by atoms with Gasteiger partial charge in [-0.25, -0.2) is 0 Å². The molecule has 0 aromatic heterocycles. The van der Waals surface area contributed by atoms with Crippen LogP contribution in [0, 0.1) is 5.41 Å². The van der Waals surface area contributed by atoms with Crippen LogP contribution in [0.2, 0.25) is 0 Å². The molecule has 2 aliphatic rings. The van der Waals surface area contributed by atoms with E-state index in [1.807, 2.05) is 0 Å². The number of aliphatic hydroxyl groups excluding tert-OH is 1. The van der Waals surface area contributed by atoms with Gasteiger partial charge in [0.2, 0.25) is 0 Å². The summed E-state index contributed by atoms with van der Waals surface area (Å²) in [5.41, 5.74) is 0.185. The molecule has 2 rings (SSSR count). The number of likely N-dealkylation sites (tertiary alicyclic amines) is 1. The van der Waals surface area contributed by atoms with Crippen LogP contribution in [0.4, 0.5) is 0 Å². The second-order valence-corrected chi connectivity index (χ2v) is 6.59. The molecule has 1 atom stereocenters. The summed E-state index contributed by atoms with van der Waals surface area (Å²) in [7, 11) is 0. The molecule has 1 aliphatic carbocycles. The molecule has 0 aromatic carbocycles. The first kappa shape index (κ1) is 15.3. The maximum absolute atomic E-state index is 9.82. The van der Waals surface area contributed by atoms with Gasteiger partial charge in [-0.15, -0.1) is 0 Å². The van der Waals surface area contributed by atoms with Gasteiger partial charge in [0.25, 0.3) is 0 Å². The van der Waals surface area contributed by atoms with Gasteiger partial charge in [-0.3, -0.25) is 0 Å². The topological polar surface area (TPSA) is 32.7 Å². The van der Waals surface area contributed by atoms with Gasteiger partial charge in [0.15, 0.2) is 0 Å². The lowest BCUT2D eigenvalue weighted by Gasteiger charge is -2.42. The zero-order valence-electron chi connectivity index (χ0n) is 12.6. The van der Waals surface area contributed by atoms with Gasteiger partial charge in [0.1, 0.15) is 0 Å². The fourth-order valence-corrected chi connectivity index (χ4v) is 3.72. The Bertz CT molecular complexity index is 251. The Morgan fingerprint density at radius 1 is 1.21 bits per heavy atom. The predicted molar refractivity (Wildman–Crippen MR) is 78.3 cm³/mol. The quantitative estimate of drug-likeness (QED) is 0.805. The lowest BCUT2D eigenvalue weighted by Crippen LogP contribution is -2.47. The van der Waals surface area contributed by atoms with E-state index in [1.165, 1.54) is 51.5 Å². The normalized spacial score (nSPS) is 28.4. The average Bonchev–Trinajstić information content (AvgIpc) is 2.46. The van der Waals surface area contributed by atoms with E-state index in [4.69, 9.17) is 4.74 Å². The highest BCUT2D eigenvalue weighted by molar-refractivity contribution is 4.87. The number of rotatable bonds is 6. The molecule has 19 heavy (non-hydrogen) atoms. The van der Waals surface area contributed by atoms with Crippen LogP contribution in [-0.2, 0) is 4.74 Å². The van der Waals surface area contributed by atoms with Gasteiger partial charge in [-0.1, -0.05) is 26.2 Å². The highest BCUT2D eigenvalue weighted by Crippen LogP contribution is 2.37. The average molecular weight is 269 g/mol. The highest BCUT2D eigenvalue weighted by Gasteiger charge is 2.34. The van der Waals surface area contributed by atoms with Crippen LogP contribution in [0.15, 0.2) is 0 Å². The zero-order valence-corrected chi connectivity index (χ0v) is 12.6. The Kier molecular flexibility index (Phi) is 6.11. The van der Waals surface area contributed by atoms with E-state index in [1.54, 1.807) is 0 Å². The van der Waals surface area contributed by atoms with Crippen LogP contribution >= 0.6 is 0 Å². The van der Waals surface area contributed by atoms with E-state index in [0.717, 1.165) is 26.1 Å². The molecule has 0 spiro atoms. The summed E-state index contributed by atoms with van der Waals surface area (Å²) >= 11 is 0. The van der Waals surface area contributed by atoms with E-state index in [2.05, 4.69) is 11.8 Å². The van der Waals surface area contributed by atoms with Gasteiger partial charge < -0.3 is 14.7 Å². The molecule has 0 aromatic rings. The van der Waals surface area contributed by atoms with Gasteiger partial charge in [-0.2, -0.15) is 0 Å². The molecule has 0 bridgehead atoms. The van der Waals surface area contributed by atoms with E-state index >= 15 is 0 Å². The summed E-state index contributed by atoms with van der Waals surface area (Å²) in [6, 6.07) is 0. The number of nitrogens with zero attached hydrogens (tertiary/aromatic N) is 1. The Morgan fingerprint density at radius 2 is 2.00 bits per heavy atom. The fraction of sp³-hybridized carbons (Fsp3) is 1.00. The fourth-order valence-electron chi connectivity index (χ4n) is 3.72. The first-order valence-corrected chi connectivity index (χ1v) is 8.23. The van der Waals surface area contributed by atoms with Crippen molar-refractivity contribution in [3.8, 4) is 0 Å². The minimum absolute atomic E-state index is 0.185. The van der Waals surface area contributed by atoms with Crippen molar-refractivity contribution in [1.29, 1.82) is 0 Å². The third-order valence-electron chi connectivity index (χ3n) is 4.83. The smallest absolute Gasteiger partial charge is 0.0702 e. The Hall–Kier alpha value is -0.120. The summed E-state index contributed by atoms with van der Waals surface area (Å²) in [5.74, 6) is 0. The zero-order chi connectivity index (χ0) is 13.6. The number of hydrogen-bond donors (Lipinski definition) is 1. The maximum atomic E-state index is 9.82. The van der Waals surface area contributed by atoms with Crippen LogP contribution in [0.1, 0.15) is 58.3 Å². The van der Waals surface area contributed by atoms with Crippen LogP contribution < -0.4 is 0 Å². The SMILES string of the molecule is CCCOC1CCCN(CC2(CO)CCCCC2)C1. The lowest BCUT2D eigenvalue weighted by atomic mass is 9.74. The third kappa shape index (κ3) is 4.44. The Labute approximate surface area is 118 Å².